The van der Waals surface area contributed by atoms with Crippen LogP contribution in [0.15, 0.2) is 0 Å². The van der Waals surface area contributed by atoms with Gasteiger partial charge in [-0.25, -0.2) is 0 Å². The molecule has 0 unspecified atom stereocenters. The third kappa shape index (κ3) is 2.82. The summed E-state index contributed by atoms with van der Waals surface area (Å²) < 4.78 is 8.37. The van der Waals surface area contributed by atoms with Crippen molar-refractivity contribution in [1.82, 2.24) is 3.53 Å². The zero-order valence-corrected chi connectivity index (χ0v) is 7.56. The Hall–Kier alpha value is 0.650. The number of nitrogens with one attached hydrogen (secondary N) is 1. The van der Waals surface area contributed by atoms with Crippen molar-refractivity contribution in [3.8, 4) is 0 Å². The highest BCUT2D eigenvalue weighted by Crippen LogP contribution is 2.13. The zero-order chi connectivity index (χ0) is 6.53. The molecular formula is C6H12INO. The third-order valence-corrected chi connectivity index (χ3v) is 2.15. The van der Waals surface area contributed by atoms with Gasteiger partial charge in [-0.15, -0.1) is 0 Å². The maximum Gasteiger partial charge on any atom is 0.0469 e. The Morgan fingerprint density at radius 1 is 1.44 bits per heavy atom. The molecule has 1 N–H and O–H groups in total. The molecule has 1 aliphatic heterocycles. The van der Waals surface area contributed by atoms with Crippen LogP contribution in [0.4, 0.5) is 0 Å². The van der Waals surface area contributed by atoms with Gasteiger partial charge in [0, 0.05) is 42.6 Å². The SMILES string of the molecule is INCC1CCOCC1. The second-order valence-corrected chi connectivity index (χ2v) is 3.16. The summed E-state index contributed by atoms with van der Waals surface area (Å²) >= 11 is 2.20. The summed E-state index contributed by atoms with van der Waals surface area (Å²) in [5, 5.41) is 0. The molecule has 1 aliphatic rings. The molecule has 1 rings (SSSR count). The number of hydrogen-bond acceptors (Lipinski definition) is 2. The zero-order valence-electron chi connectivity index (χ0n) is 5.40. The minimum Gasteiger partial charge on any atom is -0.381 e. The van der Waals surface area contributed by atoms with Gasteiger partial charge < -0.3 is 4.74 Å². The first-order valence-corrected chi connectivity index (χ1v) is 4.42. The Labute approximate surface area is 69.8 Å². The Balaban J connectivity index is 2.08. The molecule has 1 saturated heterocycles. The number of hydrogen-bond donors (Lipinski definition) is 1. The van der Waals surface area contributed by atoms with E-state index in [4.69, 9.17) is 4.74 Å². The standard InChI is InChI=1S/C6H12INO/c7-8-5-6-1-3-9-4-2-6/h6,8H,1-5H2. The minimum atomic E-state index is 0.857. The maximum atomic E-state index is 5.22. The van der Waals surface area contributed by atoms with Crippen LogP contribution in [0.2, 0.25) is 0 Å². The molecule has 0 aromatic heterocycles. The van der Waals surface area contributed by atoms with Crippen LogP contribution >= 0.6 is 22.9 Å². The summed E-state index contributed by atoms with van der Waals surface area (Å²) in [6.45, 7) is 3.07. The lowest BCUT2D eigenvalue weighted by atomic mass is 10.0. The summed E-state index contributed by atoms with van der Waals surface area (Å²) in [4.78, 5) is 0. The second-order valence-electron chi connectivity index (χ2n) is 2.39. The Kier molecular flexibility index (Phi) is 3.85. The van der Waals surface area contributed by atoms with Crippen LogP contribution in [-0.4, -0.2) is 19.8 Å². The molecule has 0 aromatic carbocycles. The molecule has 0 aromatic rings. The summed E-state index contributed by atoms with van der Waals surface area (Å²) in [6.07, 6.45) is 2.46. The highest BCUT2D eigenvalue weighted by Gasteiger charge is 2.11. The van der Waals surface area contributed by atoms with Crippen LogP contribution in [0.25, 0.3) is 0 Å². The van der Waals surface area contributed by atoms with E-state index in [1.165, 1.54) is 12.8 Å². The number of rotatable bonds is 2. The van der Waals surface area contributed by atoms with Crippen molar-refractivity contribution >= 4 is 22.9 Å². The summed E-state index contributed by atoms with van der Waals surface area (Å²) in [5.74, 6) is 0.857. The lowest BCUT2D eigenvalue weighted by Crippen LogP contribution is -2.22. The second kappa shape index (κ2) is 4.46. The highest BCUT2D eigenvalue weighted by atomic mass is 127. The first kappa shape index (κ1) is 7.75. The van der Waals surface area contributed by atoms with Gasteiger partial charge in [-0.1, -0.05) is 0 Å². The molecule has 0 bridgehead atoms. The first-order valence-electron chi connectivity index (χ1n) is 3.34. The lowest BCUT2D eigenvalue weighted by molar-refractivity contribution is 0.0683. The van der Waals surface area contributed by atoms with Crippen molar-refractivity contribution in [2.75, 3.05) is 19.8 Å². The van der Waals surface area contributed by atoms with Gasteiger partial charge in [-0.05, 0) is 18.8 Å². The van der Waals surface area contributed by atoms with E-state index in [-0.39, 0.29) is 0 Å². The van der Waals surface area contributed by atoms with Crippen LogP contribution in [0.3, 0.4) is 0 Å². The monoisotopic (exact) mass is 241 g/mol. The van der Waals surface area contributed by atoms with E-state index in [0.29, 0.717) is 0 Å². The fraction of sp³-hybridized carbons (Fsp3) is 1.00. The number of halogens is 1. The Bertz CT molecular complexity index is 70.7. The normalized spacial score (nSPS) is 22.3. The average Bonchev–Trinajstić information content (AvgIpc) is 1.91. The van der Waals surface area contributed by atoms with Crippen molar-refractivity contribution < 1.29 is 4.74 Å². The van der Waals surface area contributed by atoms with Gasteiger partial charge >= 0.3 is 0 Å². The Morgan fingerprint density at radius 3 is 2.67 bits per heavy atom. The van der Waals surface area contributed by atoms with Gasteiger partial charge in [-0.2, -0.15) is 0 Å². The molecule has 3 heteroatoms. The minimum absolute atomic E-state index is 0.857. The largest absolute Gasteiger partial charge is 0.381 e. The molecule has 54 valence electrons. The molecule has 9 heavy (non-hydrogen) atoms. The smallest absolute Gasteiger partial charge is 0.0469 e. The molecule has 2 nitrogen and oxygen atoms in total. The van der Waals surface area contributed by atoms with Crippen molar-refractivity contribution in [3.63, 3.8) is 0 Å². The molecule has 0 amide bonds. The predicted octanol–water partition coefficient (Wildman–Crippen LogP) is 1.35. The summed E-state index contributed by atoms with van der Waals surface area (Å²) in [6, 6.07) is 0. The molecule has 1 heterocycles. The van der Waals surface area contributed by atoms with Gasteiger partial charge in [-0.3, -0.25) is 3.53 Å². The van der Waals surface area contributed by atoms with Crippen molar-refractivity contribution in [2.45, 2.75) is 12.8 Å². The van der Waals surface area contributed by atoms with Crippen LogP contribution in [0.5, 0.6) is 0 Å². The van der Waals surface area contributed by atoms with Gasteiger partial charge in [0.1, 0.15) is 0 Å². The van der Waals surface area contributed by atoms with E-state index < -0.39 is 0 Å². The van der Waals surface area contributed by atoms with E-state index >= 15 is 0 Å². The van der Waals surface area contributed by atoms with Crippen molar-refractivity contribution in [1.29, 1.82) is 0 Å². The quantitative estimate of drug-likeness (QED) is 0.582. The van der Waals surface area contributed by atoms with Gasteiger partial charge in [0.2, 0.25) is 0 Å². The van der Waals surface area contributed by atoms with E-state index in [1.54, 1.807) is 0 Å². The maximum absolute atomic E-state index is 5.22. The molecule has 1 fully saturated rings. The highest BCUT2D eigenvalue weighted by molar-refractivity contribution is 14.1. The number of ether oxygens (including phenoxy) is 1. The van der Waals surface area contributed by atoms with Crippen molar-refractivity contribution in [3.05, 3.63) is 0 Å². The van der Waals surface area contributed by atoms with Crippen molar-refractivity contribution in [2.24, 2.45) is 5.92 Å². The van der Waals surface area contributed by atoms with Crippen LogP contribution in [-0.2, 0) is 4.74 Å². The molecular weight excluding hydrogens is 229 g/mol. The first-order chi connectivity index (χ1) is 4.43. The van der Waals surface area contributed by atoms with Gasteiger partial charge in [0.25, 0.3) is 0 Å². The Morgan fingerprint density at radius 2 is 2.11 bits per heavy atom. The molecule has 0 aliphatic carbocycles. The molecule has 0 spiro atoms. The van der Waals surface area contributed by atoms with Gasteiger partial charge in [0.15, 0.2) is 0 Å². The van der Waals surface area contributed by atoms with Gasteiger partial charge in [0.05, 0.1) is 0 Å². The third-order valence-electron chi connectivity index (χ3n) is 1.71. The van der Waals surface area contributed by atoms with Crippen LogP contribution < -0.4 is 3.53 Å². The van der Waals surface area contributed by atoms with Crippen LogP contribution in [0, 0.1) is 5.92 Å². The predicted molar refractivity (Wildman–Crippen MR) is 45.6 cm³/mol. The molecule has 0 atom stereocenters. The summed E-state index contributed by atoms with van der Waals surface area (Å²) in [7, 11) is 0. The van der Waals surface area contributed by atoms with E-state index in [1.807, 2.05) is 0 Å². The van der Waals surface area contributed by atoms with E-state index in [2.05, 4.69) is 26.4 Å². The lowest BCUT2D eigenvalue weighted by Gasteiger charge is -2.20. The summed E-state index contributed by atoms with van der Waals surface area (Å²) in [5.41, 5.74) is 0. The fourth-order valence-electron chi connectivity index (χ4n) is 1.06. The molecule has 0 saturated carbocycles. The average molecular weight is 241 g/mol. The fourth-order valence-corrected chi connectivity index (χ4v) is 1.68. The molecule has 0 radical (unpaired) electrons. The van der Waals surface area contributed by atoms with E-state index in [9.17, 15) is 0 Å². The topological polar surface area (TPSA) is 21.3 Å². The van der Waals surface area contributed by atoms with Crippen LogP contribution in [0.1, 0.15) is 12.8 Å². The van der Waals surface area contributed by atoms with E-state index in [0.717, 1.165) is 25.7 Å².